The van der Waals surface area contributed by atoms with Gasteiger partial charge >= 0.3 is 57.4 Å². The second-order valence-electron chi connectivity index (χ2n) is 2.38. The van der Waals surface area contributed by atoms with Crippen molar-refractivity contribution in [1.82, 2.24) is 0 Å². The number of rotatable bonds is 2. The summed E-state index contributed by atoms with van der Waals surface area (Å²) < 4.78 is 4.65. The van der Waals surface area contributed by atoms with Crippen molar-refractivity contribution >= 4 is 11.9 Å². The predicted octanol–water partition coefficient (Wildman–Crippen LogP) is -4.67. The standard InChI is InChI=1S/C9H8O4.K.2H2O/c1-6(10)13-8-5-3-2-4-7(8)9(11)12;;;/h2-5H,1H3,(H,11,12);;2*1H2/q;+1;;/p-1. The van der Waals surface area contributed by atoms with E-state index in [0.717, 1.165) is 0 Å². The molecule has 84 valence electrons. The molecule has 7 heteroatoms. The molecular formula is C9H11KO6. The number of carboxylic acids is 1. The molecular weight excluding hydrogens is 243 g/mol. The molecule has 0 heterocycles. The van der Waals surface area contributed by atoms with Crippen LogP contribution < -0.4 is 61.2 Å². The summed E-state index contributed by atoms with van der Waals surface area (Å²) in [6, 6.07) is 5.81. The molecule has 0 amide bonds. The van der Waals surface area contributed by atoms with E-state index < -0.39 is 11.9 Å². The molecule has 0 aliphatic carbocycles. The fraction of sp³-hybridized carbons (Fsp3) is 0.111. The van der Waals surface area contributed by atoms with Crippen LogP contribution in [0, 0.1) is 0 Å². The van der Waals surface area contributed by atoms with Crippen molar-refractivity contribution in [1.29, 1.82) is 0 Å². The third-order valence-corrected chi connectivity index (χ3v) is 1.36. The van der Waals surface area contributed by atoms with Gasteiger partial charge in [0, 0.05) is 12.5 Å². The molecule has 0 aliphatic rings. The zero-order valence-corrected chi connectivity index (χ0v) is 12.1. The van der Waals surface area contributed by atoms with Crippen LogP contribution in [0.15, 0.2) is 24.3 Å². The summed E-state index contributed by atoms with van der Waals surface area (Å²) >= 11 is 0. The topological polar surface area (TPSA) is 129 Å². The van der Waals surface area contributed by atoms with E-state index in [0.29, 0.717) is 0 Å². The van der Waals surface area contributed by atoms with Crippen LogP contribution in [0.3, 0.4) is 0 Å². The van der Waals surface area contributed by atoms with E-state index in [4.69, 9.17) is 0 Å². The van der Waals surface area contributed by atoms with Crippen LogP contribution in [0.1, 0.15) is 17.3 Å². The van der Waals surface area contributed by atoms with Crippen LogP contribution in [-0.2, 0) is 4.79 Å². The second-order valence-corrected chi connectivity index (χ2v) is 2.38. The van der Waals surface area contributed by atoms with Crippen LogP contribution in [0.4, 0.5) is 0 Å². The van der Waals surface area contributed by atoms with E-state index in [1.54, 1.807) is 6.07 Å². The van der Waals surface area contributed by atoms with Crippen LogP contribution >= 0.6 is 0 Å². The zero-order valence-electron chi connectivity index (χ0n) is 8.94. The van der Waals surface area contributed by atoms with Crippen LogP contribution in [-0.4, -0.2) is 22.9 Å². The Morgan fingerprint density at radius 1 is 1.19 bits per heavy atom. The first-order valence-corrected chi connectivity index (χ1v) is 3.60. The number of carbonyl (C=O) groups is 2. The monoisotopic (exact) mass is 254 g/mol. The Balaban J connectivity index is -0.000000563. The van der Waals surface area contributed by atoms with Gasteiger partial charge in [0.15, 0.2) is 0 Å². The molecule has 0 aromatic heterocycles. The summed E-state index contributed by atoms with van der Waals surface area (Å²) in [5.41, 5.74) is -0.127. The van der Waals surface area contributed by atoms with E-state index in [-0.39, 0.29) is 73.6 Å². The minimum atomic E-state index is -1.36. The number of esters is 1. The van der Waals surface area contributed by atoms with Crippen molar-refractivity contribution in [2.24, 2.45) is 0 Å². The fourth-order valence-electron chi connectivity index (χ4n) is 0.879. The fourth-order valence-corrected chi connectivity index (χ4v) is 0.879. The molecule has 4 N–H and O–H groups in total. The number of carbonyl (C=O) groups excluding carboxylic acids is 2. The van der Waals surface area contributed by atoms with Gasteiger partial charge in [-0.05, 0) is 12.1 Å². The van der Waals surface area contributed by atoms with Gasteiger partial charge in [0.2, 0.25) is 0 Å². The average molecular weight is 254 g/mol. The number of ether oxygens (including phenoxy) is 1. The van der Waals surface area contributed by atoms with Crippen molar-refractivity contribution in [2.45, 2.75) is 6.92 Å². The third kappa shape index (κ3) is 6.33. The number of carboxylic acid groups (broad SMARTS) is 1. The summed E-state index contributed by atoms with van der Waals surface area (Å²) in [5, 5.41) is 10.5. The Morgan fingerprint density at radius 3 is 2.12 bits per heavy atom. The zero-order chi connectivity index (χ0) is 9.84. The van der Waals surface area contributed by atoms with Crippen molar-refractivity contribution in [3.05, 3.63) is 29.8 Å². The Morgan fingerprint density at radius 2 is 1.69 bits per heavy atom. The van der Waals surface area contributed by atoms with Gasteiger partial charge in [-0.25, -0.2) is 0 Å². The maximum Gasteiger partial charge on any atom is 1.00 e. The number of aromatic carboxylic acids is 1. The van der Waals surface area contributed by atoms with Gasteiger partial charge in [0.05, 0.1) is 5.97 Å². The van der Waals surface area contributed by atoms with E-state index in [1.807, 2.05) is 0 Å². The van der Waals surface area contributed by atoms with Crippen LogP contribution in [0.2, 0.25) is 0 Å². The van der Waals surface area contributed by atoms with Gasteiger partial charge in [-0.3, -0.25) is 4.79 Å². The molecule has 6 nitrogen and oxygen atoms in total. The Hall–Kier alpha value is -0.284. The van der Waals surface area contributed by atoms with Gasteiger partial charge in [0.1, 0.15) is 5.75 Å². The molecule has 16 heavy (non-hydrogen) atoms. The van der Waals surface area contributed by atoms with Gasteiger partial charge in [0.25, 0.3) is 0 Å². The van der Waals surface area contributed by atoms with Crippen molar-refractivity contribution in [3.63, 3.8) is 0 Å². The van der Waals surface area contributed by atoms with E-state index in [1.165, 1.54) is 25.1 Å². The quantitative estimate of drug-likeness (QED) is 0.298. The average Bonchev–Trinajstić information content (AvgIpc) is 2.03. The maximum absolute atomic E-state index is 10.6. The molecule has 0 aliphatic heterocycles. The van der Waals surface area contributed by atoms with Crippen LogP contribution in [0.25, 0.3) is 0 Å². The number of hydrogen-bond donors (Lipinski definition) is 0. The molecule has 0 spiro atoms. The minimum Gasteiger partial charge on any atom is -0.545 e. The number of benzene rings is 1. The Bertz CT molecular complexity index is 352. The first kappa shape index (κ1) is 21.0. The van der Waals surface area contributed by atoms with E-state index in [2.05, 4.69) is 4.74 Å². The smallest absolute Gasteiger partial charge is 0.545 e. The molecule has 1 rings (SSSR count). The predicted molar refractivity (Wildman–Crippen MR) is 49.3 cm³/mol. The molecule has 0 atom stereocenters. The molecule has 0 unspecified atom stereocenters. The molecule has 0 saturated heterocycles. The maximum atomic E-state index is 10.6. The van der Waals surface area contributed by atoms with E-state index in [9.17, 15) is 14.7 Å². The van der Waals surface area contributed by atoms with Gasteiger partial charge < -0.3 is 25.6 Å². The van der Waals surface area contributed by atoms with Gasteiger partial charge in [-0.15, -0.1) is 0 Å². The molecule has 0 fully saturated rings. The van der Waals surface area contributed by atoms with Crippen molar-refractivity contribution < 1.29 is 81.8 Å². The SMILES string of the molecule is CC(=O)Oc1ccccc1C(=O)[O-].O.O.[K+]. The summed E-state index contributed by atoms with van der Waals surface area (Å²) in [5.74, 6) is -1.92. The normalized spacial score (nSPS) is 7.56. The van der Waals surface area contributed by atoms with Gasteiger partial charge in [-0.1, -0.05) is 12.1 Å². The molecule has 1 aromatic rings. The Labute approximate surface area is 135 Å². The Kier molecular flexibility index (Phi) is 13.0. The minimum absolute atomic E-state index is 0. The summed E-state index contributed by atoms with van der Waals surface area (Å²) in [4.78, 5) is 21.1. The molecule has 1 aromatic carbocycles. The van der Waals surface area contributed by atoms with Gasteiger partial charge in [-0.2, -0.15) is 0 Å². The molecule has 0 saturated carbocycles. The largest absolute Gasteiger partial charge is 1.00 e. The van der Waals surface area contributed by atoms with Crippen molar-refractivity contribution in [2.75, 3.05) is 0 Å². The first-order chi connectivity index (χ1) is 6.11. The molecule has 0 bridgehead atoms. The summed E-state index contributed by atoms with van der Waals surface area (Å²) in [6.45, 7) is 1.20. The molecule has 0 radical (unpaired) electrons. The van der Waals surface area contributed by atoms with Crippen LogP contribution in [0.5, 0.6) is 5.75 Å². The number of para-hydroxylation sites is 1. The van der Waals surface area contributed by atoms with E-state index >= 15 is 0 Å². The second kappa shape index (κ2) is 9.91. The first-order valence-electron chi connectivity index (χ1n) is 3.60. The summed E-state index contributed by atoms with van der Waals surface area (Å²) in [7, 11) is 0. The number of hydrogen-bond acceptors (Lipinski definition) is 4. The van der Waals surface area contributed by atoms with Crippen molar-refractivity contribution in [3.8, 4) is 5.75 Å². The summed E-state index contributed by atoms with van der Waals surface area (Å²) in [6.07, 6.45) is 0. The third-order valence-electron chi connectivity index (χ3n) is 1.36.